The number of hydrogen-bond donors (Lipinski definition) is 0. The first-order valence-corrected chi connectivity index (χ1v) is 12.4. The molecule has 1 unspecified atom stereocenters. The molecule has 1 amide bonds. The fraction of sp³-hybridized carbons (Fsp3) is 0.143. The van der Waals surface area contributed by atoms with Crippen LogP contribution in [0.15, 0.2) is 76.8 Å². The number of hydrogen-bond acceptors (Lipinski definition) is 5. The highest BCUT2D eigenvalue weighted by molar-refractivity contribution is 7.90. The van der Waals surface area contributed by atoms with E-state index < -0.39 is 20.8 Å². The Labute approximate surface area is 188 Å². The van der Waals surface area contributed by atoms with Gasteiger partial charge in [0.25, 0.3) is 5.91 Å². The zero-order chi connectivity index (χ0) is 22.8. The van der Waals surface area contributed by atoms with Gasteiger partial charge in [-0.05, 0) is 60.7 Å². The summed E-state index contributed by atoms with van der Waals surface area (Å²) in [7, 11) is -1.73. The summed E-state index contributed by atoms with van der Waals surface area (Å²) in [5, 5.41) is 0.797. The average Bonchev–Trinajstić information content (AvgIpc) is 2.77. The van der Waals surface area contributed by atoms with Gasteiger partial charge in [0.1, 0.15) is 5.03 Å². The monoisotopic (exact) mass is 477 g/mol. The van der Waals surface area contributed by atoms with Gasteiger partial charge in [-0.25, -0.2) is 17.6 Å². The van der Waals surface area contributed by atoms with Crippen molar-refractivity contribution >= 4 is 49.7 Å². The van der Waals surface area contributed by atoms with Gasteiger partial charge >= 0.3 is 0 Å². The second kappa shape index (κ2) is 9.17. The van der Waals surface area contributed by atoms with E-state index in [9.17, 15) is 17.4 Å². The van der Waals surface area contributed by atoms with Crippen LogP contribution in [0.4, 0.5) is 11.4 Å². The molecule has 1 aromatic heterocycles. The highest BCUT2D eigenvalue weighted by Crippen LogP contribution is 2.22. The Bertz CT molecular complexity index is 1230. The third-order valence-corrected chi connectivity index (χ3v) is 7.23. The normalized spacial score (nSPS) is 12.3. The van der Waals surface area contributed by atoms with Crippen molar-refractivity contribution in [2.75, 3.05) is 29.6 Å². The van der Waals surface area contributed by atoms with Gasteiger partial charge in [0.2, 0.25) is 0 Å². The summed E-state index contributed by atoms with van der Waals surface area (Å²) in [5.74, 6) is -0.345. The molecule has 1 heterocycles. The van der Waals surface area contributed by atoms with E-state index in [-0.39, 0.29) is 15.8 Å². The van der Waals surface area contributed by atoms with Gasteiger partial charge in [0.15, 0.2) is 20.8 Å². The molecule has 0 saturated heterocycles. The molecule has 0 spiro atoms. The van der Waals surface area contributed by atoms with E-state index in [1.54, 1.807) is 50.5 Å². The number of rotatable bonds is 6. The van der Waals surface area contributed by atoms with Crippen LogP contribution < -0.4 is 9.21 Å². The standard InChI is InChI=1S/C21H20ClN3O4S2/c1-24(17-8-10-19(11-9-17)31(3,28)29)21(26)15-12-13-23-20(14-15)30(27)25(2)18-6-4-16(22)5-7-18/h4-14H,1-3H3. The molecule has 0 aliphatic rings. The highest BCUT2D eigenvalue weighted by atomic mass is 35.5. The summed E-state index contributed by atoms with van der Waals surface area (Å²) in [4.78, 5) is 18.6. The van der Waals surface area contributed by atoms with Crippen molar-refractivity contribution in [2.24, 2.45) is 0 Å². The molecule has 7 nitrogen and oxygen atoms in total. The lowest BCUT2D eigenvalue weighted by Gasteiger charge is -2.19. The SMILES string of the molecule is CN(C(=O)c1ccnc(S(=O)N(C)c2ccc(Cl)cc2)c1)c1ccc(S(C)(=O)=O)cc1. The van der Waals surface area contributed by atoms with Gasteiger partial charge in [-0.3, -0.25) is 9.10 Å². The van der Waals surface area contributed by atoms with Crippen molar-refractivity contribution in [1.29, 1.82) is 0 Å². The molecule has 0 saturated carbocycles. The number of carbonyl (C=O) groups excluding carboxylic acids is 1. The average molecular weight is 478 g/mol. The van der Waals surface area contributed by atoms with Crippen molar-refractivity contribution < 1.29 is 17.4 Å². The third kappa shape index (κ3) is 5.30. The summed E-state index contributed by atoms with van der Waals surface area (Å²) in [6, 6.07) is 15.9. The van der Waals surface area contributed by atoms with Crippen molar-refractivity contribution in [1.82, 2.24) is 4.98 Å². The van der Waals surface area contributed by atoms with Crippen LogP contribution in [-0.4, -0.2) is 43.9 Å². The molecule has 0 N–H and O–H groups in total. The van der Waals surface area contributed by atoms with Crippen molar-refractivity contribution in [3.8, 4) is 0 Å². The smallest absolute Gasteiger partial charge is 0.258 e. The van der Waals surface area contributed by atoms with Crippen LogP contribution >= 0.6 is 11.6 Å². The van der Waals surface area contributed by atoms with E-state index in [4.69, 9.17) is 11.6 Å². The van der Waals surface area contributed by atoms with E-state index in [0.717, 1.165) is 6.26 Å². The minimum Gasteiger partial charge on any atom is -0.311 e. The Hall–Kier alpha value is -2.75. The van der Waals surface area contributed by atoms with Crippen molar-refractivity contribution in [3.63, 3.8) is 0 Å². The number of aromatic nitrogens is 1. The molecular formula is C21H20ClN3O4S2. The molecule has 0 aliphatic heterocycles. The van der Waals surface area contributed by atoms with Crippen LogP contribution in [0.1, 0.15) is 10.4 Å². The Kier molecular flexibility index (Phi) is 6.78. The minimum atomic E-state index is -3.32. The lowest BCUT2D eigenvalue weighted by atomic mass is 10.2. The number of nitrogens with zero attached hydrogens (tertiary/aromatic N) is 3. The number of sulfone groups is 1. The van der Waals surface area contributed by atoms with E-state index in [0.29, 0.717) is 22.0 Å². The van der Waals surface area contributed by atoms with Crippen LogP contribution in [-0.2, 0) is 20.8 Å². The lowest BCUT2D eigenvalue weighted by Crippen LogP contribution is -2.27. The Balaban J connectivity index is 1.82. The van der Waals surface area contributed by atoms with Gasteiger partial charge in [-0.1, -0.05) is 11.6 Å². The van der Waals surface area contributed by atoms with Gasteiger partial charge in [0, 0.05) is 48.5 Å². The van der Waals surface area contributed by atoms with Gasteiger partial charge in [0.05, 0.1) is 4.90 Å². The predicted molar refractivity (Wildman–Crippen MR) is 123 cm³/mol. The lowest BCUT2D eigenvalue weighted by molar-refractivity contribution is 0.0992. The molecule has 10 heteroatoms. The van der Waals surface area contributed by atoms with Crippen molar-refractivity contribution in [3.05, 3.63) is 77.4 Å². The summed E-state index contributed by atoms with van der Waals surface area (Å²) < 4.78 is 37.7. The first-order chi connectivity index (χ1) is 14.6. The van der Waals surface area contributed by atoms with E-state index >= 15 is 0 Å². The molecule has 0 aliphatic carbocycles. The molecule has 3 aromatic rings. The largest absolute Gasteiger partial charge is 0.311 e. The first kappa shape index (κ1) is 22.9. The van der Waals surface area contributed by atoms with Crippen LogP contribution in [0.5, 0.6) is 0 Å². The number of halogens is 1. The number of carbonyl (C=O) groups is 1. The minimum absolute atomic E-state index is 0.170. The first-order valence-electron chi connectivity index (χ1n) is 9.03. The number of pyridine rings is 1. The molecule has 0 bridgehead atoms. The second-order valence-electron chi connectivity index (χ2n) is 6.74. The fourth-order valence-electron chi connectivity index (χ4n) is 2.75. The number of benzene rings is 2. The second-order valence-corrected chi connectivity index (χ2v) is 10.7. The maximum absolute atomic E-state index is 12.9. The van der Waals surface area contributed by atoms with Gasteiger partial charge in [-0.2, -0.15) is 0 Å². The van der Waals surface area contributed by atoms with Gasteiger partial charge in [-0.15, -0.1) is 0 Å². The zero-order valence-corrected chi connectivity index (χ0v) is 19.4. The van der Waals surface area contributed by atoms with Crippen LogP contribution in [0, 0.1) is 0 Å². The molecule has 3 rings (SSSR count). The maximum atomic E-state index is 12.9. The molecular weight excluding hydrogens is 458 g/mol. The van der Waals surface area contributed by atoms with Gasteiger partial charge < -0.3 is 4.90 Å². The topological polar surface area (TPSA) is 87.7 Å². The van der Waals surface area contributed by atoms with Crippen LogP contribution in [0.2, 0.25) is 5.02 Å². The zero-order valence-electron chi connectivity index (χ0n) is 17.0. The number of amides is 1. The molecule has 0 radical (unpaired) electrons. The van der Waals surface area contributed by atoms with Crippen LogP contribution in [0.3, 0.4) is 0 Å². The molecule has 1 atom stereocenters. The van der Waals surface area contributed by atoms with E-state index in [1.807, 2.05) is 0 Å². The van der Waals surface area contributed by atoms with Crippen molar-refractivity contribution in [2.45, 2.75) is 9.92 Å². The molecule has 0 fully saturated rings. The summed E-state index contributed by atoms with van der Waals surface area (Å²) in [6.45, 7) is 0. The highest BCUT2D eigenvalue weighted by Gasteiger charge is 2.19. The molecule has 31 heavy (non-hydrogen) atoms. The van der Waals surface area contributed by atoms with E-state index in [2.05, 4.69) is 4.98 Å². The Morgan fingerprint density at radius 1 is 0.968 bits per heavy atom. The predicted octanol–water partition coefficient (Wildman–Crippen LogP) is 3.57. The summed E-state index contributed by atoms with van der Waals surface area (Å²) in [5.41, 5.74) is 1.51. The summed E-state index contributed by atoms with van der Waals surface area (Å²) in [6.07, 6.45) is 2.55. The van der Waals surface area contributed by atoms with E-state index in [1.165, 1.54) is 39.7 Å². The fourth-order valence-corrected chi connectivity index (χ4v) is 4.48. The van der Waals surface area contributed by atoms with Crippen LogP contribution in [0.25, 0.3) is 0 Å². The Morgan fingerprint density at radius 2 is 1.55 bits per heavy atom. The maximum Gasteiger partial charge on any atom is 0.258 e. The number of anilines is 2. The third-order valence-electron chi connectivity index (χ3n) is 4.56. The summed E-state index contributed by atoms with van der Waals surface area (Å²) >= 11 is 5.90. The molecule has 162 valence electrons. The quantitative estimate of drug-likeness (QED) is 0.541. The Morgan fingerprint density at radius 3 is 2.13 bits per heavy atom. The molecule has 2 aromatic carbocycles.